The second-order valence-electron chi connectivity index (χ2n) is 7.12. The minimum absolute atomic E-state index is 0.0335. The molecule has 0 bridgehead atoms. The summed E-state index contributed by atoms with van der Waals surface area (Å²) in [6, 6.07) is 15.5. The Labute approximate surface area is 194 Å². The molecule has 176 valence electrons. The molecular weight excluding hydrogens is 465 g/mol. The van der Waals surface area contributed by atoms with Crippen LogP contribution >= 0.6 is 0 Å². The number of carbonyl (C=O) groups excluding carboxylic acids is 3. The molecule has 0 fully saturated rings. The topological polar surface area (TPSA) is 145 Å². The zero-order chi connectivity index (χ0) is 24.9. The van der Waals surface area contributed by atoms with Gasteiger partial charge in [0, 0.05) is 16.9 Å². The Kier molecular flexibility index (Phi) is 7.27. The third kappa shape index (κ3) is 6.17. The van der Waals surface area contributed by atoms with Gasteiger partial charge in [0.05, 0.1) is 10.5 Å². The van der Waals surface area contributed by atoms with E-state index in [0.29, 0.717) is 5.69 Å². The van der Waals surface area contributed by atoms with Gasteiger partial charge in [0.15, 0.2) is 6.10 Å². The molecule has 3 rings (SSSR count). The van der Waals surface area contributed by atoms with Crippen LogP contribution in [0, 0.1) is 5.82 Å². The number of halogens is 1. The van der Waals surface area contributed by atoms with Gasteiger partial charge in [-0.25, -0.2) is 17.6 Å². The number of amides is 2. The van der Waals surface area contributed by atoms with Crippen molar-refractivity contribution < 1.29 is 31.9 Å². The first-order valence-corrected chi connectivity index (χ1v) is 11.3. The number of hydrogen-bond donors (Lipinski definition) is 3. The largest absolute Gasteiger partial charge is 0.449 e. The Bertz CT molecular complexity index is 1310. The van der Waals surface area contributed by atoms with E-state index in [9.17, 15) is 27.2 Å². The van der Waals surface area contributed by atoms with Crippen molar-refractivity contribution in [3.63, 3.8) is 0 Å². The Balaban J connectivity index is 1.60. The summed E-state index contributed by atoms with van der Waals surface area (Å²) in [5, 5.41) is 2.54. The summed E-state index contributed by atoms with van der Waals surface area (Å²) in [6.07, 6.45) is -1.16. The smallest absolute Gasteiger partial charge is 0.338 e. The predicted octanol–water partition coefficient (Wildman–Crippen LogP) is 2.91. The van der Waals surface area contributed by atoms with E-state index in [0.717, 1.165) is 12.1 Å². The van der Waals surface area contributed by atoms with E-state index >= 15 is 0 Å². The summed E-state index contributed by atoms with van der Waals surface area (Å²) in [7, 11) is -3.97. The van der Waals surface area contributed by atoms with Crippen LogP contribution < -0.4 is 15.8 Å². The van der Waals surface area contributed by atoms with Gasteiger partial charge in [-0.05, 0) is 79.7 Å². The molecular formula is C23H20FN3O6S. The summed E-state index contributed by atoms with van der Waals surface area (Å²) >= 11 is 0. The lowest BCUT2D eigenvalue weighted by Crippen LogP contribution is -2.30. The monoisotopic (exact) mass is 485 g/mol. The lowest BCUT2D eigenvalue weighted by Gasteiger charge is -2.14. The Morgan fingerprint density at radius 3 is 1.94 bits per heavy atom. The first kappa shape index (κ1) is 24.4. The van der Waals surface area contributed by atoms with Crippen molar-refractivity contribution in [1.82, 2.24) is 0 Å². The standard InChI is InChI=1S/C23H20FN3O6S/c1-14(22(29)26-18-8-2-15(3-9-18)21(25)28)33-23(30)16-4-12-20(13-5-16)34(31,32)27-19-10-6-17(24)7-11-19/h2-14,27H,1H3,(H2,25,28)(H,26,29)/t14-/m1/s1. The number of benzene rings is 3. The second kappa shape index (κ2) is 10.1. The highest BCUT2D eigenvalue weighted by atomic mass is 32.2. The van der Waals surface area contributed by atoms with Crippen molar-refractivity contribution in [1.29, 1.82) is 0 Å². The summed E-state index contributed by atoms with van der Waals surface area (Å²) in [4.78, 5) is 35.6. The number of primary amides is 1. The molecule has 0 aliphatic rings. The van der Waals surface area contributed by atoms with E-state index in [4.69, 9.17) is 10.5 Å². The molecule has 0 heterocycles. The summed E-state index contributed by atoms with van der Waals surface area (Å²) in [5.74, 6) is -2.55. The molecule has 9 nitrogen and oxygen atoms in total. The van der Waals surface area contributed by atoms with Gasteiger partial charge in [-0.2, -0.15) is 0 Å². The molecule has 0 aliphatic carbocycles. The van der Waals surface area contributed by atoms with Crippen LogP contribution in [0.4, 0.5) is 15.8 Å². The number of rotatable bonds is 8. The van der Waals surface area contributed by atoms with E-state index < -0.39 is 39.7 Å². The molecule has 0 aliphatic heterocycles. The van der Waals surface area contributed by atoms with Crippen molar-refractivity contribution in [3.8, 4) is 0 Å². The van der Waals surface area contributed by atoms with Gasteiger partial charge >= 0.3 is 5.97 Å². The van der Waals surface area contributed by atoms with Crippen molar-refractivity contribution >= 4 is 39.2 Å². The minimum atomic E-state index is -3.97. The van der Waals surface area contributed by atoms with E-state index in [-0.39, 0.29) is 21.7 Å². The van der Waals surface area contributed by atoms with Crippen molar-refractivity contribution in [2.45, 2.75) is 17.9 Å². The van der Waals surface area contributed by atoms with Crippen LogP contribution in [-0.4, -0.2) is 32.3 Å². The van der Waals surface area contributed by atoms with Gasteiger partial charge in [-0.1, -0.05) is 0 Å². The predicted molar refractivity (Wildman–Crippen MR) is 122 cm³/mol. The van der Waals surface area contributed by atoms with Crippen LogP contribution in [0.1, 0.15) is 27.6 Å². The van der Waals surface area contributed by atoms with Gasteiger partial charge < -0.3 is 15.8 Å². The highest BCUT2D eigenvalue weighted by Crippen LogP contribution is 2.18. The van der Waals surface area contributed by atoms with Gasteiger partial charge in [0.25, 0.3) is 15.9 Å². The number of sulfonamides is 1. The highest BCUT2D eigenvalue weighted by Gasteiger charge is 2.20. The van der Waals surface area contributed by atoms with Crippen molar-refractivity contribution in [2.24, 2.45) is 5.73 Å². The van der Waals surface area contributed by atoms with Gasteiger partial charge in [-0.15, -0.1) is 0 Å². The Morgan fingerprint density at radius 2 is 1.38 bits per heavy atom. The zero-order valence-corrected chi connectivity index (χ0v) is 18.6. The number of hydrogen-bond acceptors (Lipinski definition) is 6. The molecule has 11 heteroatoms. The van der Waals surface area contributed by atoms with Crippen LogP contribution in [0.3, 0.4) is 0 Å². The molecule has 0 unspecified atom stereocenters. The molecule has 0 aromatic heterocycles. The third-order valence-electron chi connectivity index (χ3n) is 4.59. The molecule has 2 amide bonds. The maximum Gasteiger partial charge on any atom is 0.338 e. The molecule has 3 aromatic rings. The quantitative estimate of drug-likeness (QED) is 0.419. The Hall–Kier alpha value is -4.25. The summed E-state index contributed by atoms with van der Waals surface area (Å²) < 4.78 is 45.4. The minimum Gasteiger partial charge on any atom is -0.449 e. The van der Waals surface area contributed by atoms with Crippen LogP contribution in [0.5, 0.6) is 0 Å². The lowest BCUT2D eigenvalue weighted by atomic mass is 10.2. The van der Waals surface area contributed by atoms with Crippen molar-refractivity contribution in [2.75, 3.05) is 10.0 Å². The fraction of sp³-hybridized carbons (Fsp3) is 0.0870. The van der Waals surface area contributed by atoms with Crippen LogP contribution in [0.2, 0.25) is 0 Å². The molecule has 34 heavy (non-hydrogen) atoms. The molecule has 4 N–H and O–H groups in total. The second-order valence-corrected chi connectivity index (χ2v) is 8.80. The van der Waals surface area contributed by atoms with Gasteiger partial charge in [0.1, 0.15) is 5.82 Å². The molecule has 3 aromatic carbocycles. The molecule has 0 saturated heterocycles. The normalized spacial score (nSPS) is 11.8. The molecule has 0 radical (unpaired) electrons. The van der Waals surface area contributed by atoms with Crippen LogP contribution in [-0.2, 0) is 19.6 Å². The van der Waals surface area contributed by atoms with E-state index in [1.807, 2.05) is 0 Å². The lowest BCUT2D eigenvalue weighted by molar-refractivity contribution is -0.123. The number of nitrogens with one attached hydrogen (secondary N) is 2. The van der Waals surface area contributed by atoms with E-state index in [1.165, 1.54) is 67.6 Å². The average Bonchev–Trinajstić information content (AvgIpc) is 2.80. The molecule has 0 saturated carbocycles. The van der Waals surface area contributed by atoms with Crippen LogP contribution in [0.25, 0.3) is 0 Å². The maximum absolute atomic E-state index is 13.0. The average molecular weight is 485 g/mol. The van der Waals surface area contributed by atoms with Gasteiger partial charge in [-0.3, -0.25) is 14.3 Å². The fourth-order valence-electron chi connectivity index (χ4n) is 2.75. The number of nitrogens with two attached hydrogens (primary N) is 1. The summed E-state index contributed by atoms with van der Waals surface area (Å²) in [5.41, 5.74) is 6.02. The molecule has 0 spiro atoms. The number of carbonyl (C=O) groups is 3. The number of ether oxygens (including phenoxy) is 1. The highest BCUT2D eigenvalue weighted by molar-refractivity contribution is 7.92. The Morgan fingerprint density at radius 1 is 0.853 bits per heavy atom. The summed E-state index contributed by atoms with van der Waals surface area (Å²) in [6.45, 7) is 1.37. The van der Waals surface area contributed by atoms with Crippen LogP contribution in [0.15, 0.2) is 77.7 Å². The zero-order valence-electron chi connectivity index (χ0n) is 17.8. The first-order chi connectivity index (χ1) is 16.0. The number of anilines is 2. The SMILES string of the molecule is C[C@@H](OC(=O)c1ccc(S(=O)(=O)Nc2ccc(F)cc2)cc1)C(=O)Nc1ccc(C(N)=O)cc1. The van der Waals surface area contributed by atoms with E-state index in [1.54, 1.807) is 0 Å². The molecule has 1 atom stereocenters. The van der Waals surface area contributed by atoms with Gasteiger partial charge in [0.2, 0.25) is 5.91 Å². The van der Waals surface area contributed by atoms with Crippen molar-refractivity contribution in [3.05, 3.63) is 89.7 Å². The number of esters is 1. The third-order valence-corrected chi connectivity index (χ3v) is 5.98. The fourth-order valence-corrected chi connectivity index (χ4v) is 3.80. The van der Waals surface area contributed by atoms with E-state index in [2.05, 4.69) is 10.0 Å². The maximum atomic E-state index is 13.0. The first-order valence-electron chi connectivity index (χ1n) is 9.85.